The van der Waals surface area contributed by atoms with Crippen molar-refractivity contribution >= 4 is 12.0 Å². The van der Waals surface area contributed by atoms with Crippen LogP contribution in [0.4, 0.5) is 5.69 Å². The fraction of sp³-hybridized carbons (Fsp3) is 0.294. The minimum Gasteiger partial charge on any atom is -0.388 e. The number of aldehydes is 1. The van der Waals surface area contributed by atoms with Crippen molar-refractivity contribution in [2.24, 2.45) is 0 Å². The summed E-state index contributed by atoms with van der Waals surface area (Å²) in [7, 11) is 1.96. The van der Waals surface area contributed by atoms with E-state index in [4.69, 9.17) is 0 Å². The zero-order chi connectivity index (χ0) is 15.0. The Morgan fingerprint density at radius 2 is 1.60 bits per heavy atom. The molecule has 0 saturated heterocycles. The summed E-state index contributed by atoms with van der Waals surface area (Å²) < 4.78 is 1.81. The Hall–Kier alpha value is -2.16. The molecule has 1 heterocycles. The summed E-state index contributed by atoms with van der Waals surface area (Å²) in [6, 6.07) is 10.1. The number of benzene rings is 1. The van der Waals surface area contributed by atoms with Gasteiger partial charge in [0.25, 0.3) is 0 Å². The molecular weight excluding hydrogens is 248 g/mol. The minimum absolute atomic E-state index is 0.445. The van der Waals surface area contributed by atoms with Crippen LogP contribution in [0.2, 0.25) is 0 Å². The molecule has 0 aliphatic heterocycles. The highest BCUT2D eigenvalue weighted by Gasteiger charge is 1.99. The smallest absolute Gasteiger partial charge is 0.203 e. The molecular formula is C17H23N2O+. The first-order valence-corrected chi connectivity index (χ1v) is 6.71. The lowest BCUT2D eigenvalue weighted by Gasteiger charge is -2.09. The molecule has 0 aliphatic rings. The highest BCUT2D eigenvalue weighted by molar-refractivity contribution is 5.57. The van der Waals surface area contributed by atoms with Gasteiger partial charge in [-0.05, 0) is 31.9 Å². The summed E-state index contributed by atoms with van der Waals surface area (Å²) in [4.78, 5) is 9.95. The second-order valence-corrected chi connectivity index (χ2v) is 4.76. The lowest BCUT2D eigenvalue weighted by molar-refractivity contribution is -0.682. The van der Waals surface area contributed by atoms with Crippen LogP contribution in [0.5, 0.6) is 0 Å². The van der Waals surface area contributed by atoms with Crippen LogP contribution in [0.3, 0.4) is 0 Å². The second-order valence-electron chi connectivity index (χ2n) is 4.76. The second kappa shape index (κ2) is 8.10. The third-order valence-electron chi connectivity index (χ3n) is 2.99. The van der Waals surface area contributed by atoms with E-state index in [9.17, 15) is 4.79 Å². The maximum absolute atomic E-state index is 9.95. The first-order chi connectivity index (χ1) is 9.58. The first kappa shape index (κ1) is 15.9. The van der Waals surface area contributed by atoms with E-state index in [1.54, 1.807) is 0 Å². The molecule has 20 heavy (non-hydrogen) atoms. The van der Waals surface area contributed by atoms with E-state index in [1.165, 1.54) is 22.4 Å². The quantitative estimate of drug-likeness (QED) is 0.688. The fourth-order valence-corrected chi connectivity index (χ4v) is 2.22. The Morgan fingerprint density at radius 1 is 1.05 bits per heavy atom. The van der Waals surface area contributed by atoms with E-state index in [1.807, 2.05) is 42.2 Å². The topological polar surface area (TPSA) is 33.0 Å². The summed E-state index contributed by atoms with van der Waals surface area (Å²) in [5.41, 5.74) is 5.24. The molecule has 2 aromatic rings. The number of anilines is 1. The van der Waals surface area contributed by atoms with Crippen molar-refractivity contribution in [1.29, 1.82) is 0 Å². The summed E-state index contributed by atoms with van der Waals surface area (Å²) in [5, 5.41) is 3.19. The Morgan fingerprint density at radius 3 is 2.05 bits per heavy atom. The van der Waals surface area contributed by atoms with Crippen molar-refractivity contribution in [3.63, 3.8) is 0 Å². The van der Waals surface area contributed by atoms with Gasteiger partial charge in [0.15, 0.2) is 18.7 Å². The molecule has 3 heteroatoms. The number of aromatic nitrogens is 1. The van der Waals surface area contributed by atoms with Gasteiger partial charge in [-0.2, -0.15) is 4.57 Å². The molecule has 0 saturated carbocycles. The number of nitrogens with one attached hydrogen (secondary N) is 1. The van der Waals surface area contributed by atoms with Crippen LogP contribution < -0.4 is 9.88 Å². The molecule has 1 aromatic heterocycles. The molecule has 1 aromatic carbocycles. The summed E-state index contributed by atoms with van der Waals surface area (Å²) >= 11 is 0. The minimum atomic E-state index is 0.445. The molecule has 0 bridgehead atoms. The molecule has 0 aliphatic carbocycles. The average molecular weight is 271 g/mol. The van der Waals surface area contributed by atoms with Gasteiger partial charge < -0.3 is 5.32 Å². The molecule has 0 fully saturated rings. The highest BCUT2D eigenvalue weighted by Crippen LogP contribution is 2.20. The van der Waals surface area contributed by atoms with Crippen LogP contribution in [0.1, 0.15) is 16.7 Å². The third kappa shape index (κ3) is 4.84. The molecule has 0 radical (unpaired) electrons. The van der Waals surface area contributed by atoms with Crippen LogP contribution in [0.25, 0.3) is 0 Å². The molecule has 0 atom stereocenters. The standard InChI is InChI=1S/C10H15N.C7H8NO/c1-7-5-8(2)10(11-4)9(3)6-7;9-7-6-8-4-2-1-3-5-8/h5-6,11H,1-4H3;1-5,7H,6H2/q;+1. The van der Waals surface area contributed by atoms with Gasteiger partial charge >= 0.3 is 0 Å². The van der Waals surface area contributed by atoms with Crippen LogP contribution in [0.15, 0.2) is 42.7 Å². The van der Waals surface area contributed by atoms with Crippen LogP contribution >= 0.6 is 0 Å². The zero-order valence-electron chi connectivity index (χ0n) is 12.7. The zero-order valence-corrected chi connectivity index (χ0v) is 12.7. The van der Waals surface area contributed by atoms with Crippen molar-refractivity contribution in [3.05, 3.63) is 59.4 Å². The normalized spacial score (nSPS) is 9.40. The van der Waals surface area contributed by atoms with Crippen molar-refractivity contribution in [2.75, 3.05) is 12.4 Å². The molecule has 0 unspecified atom stereocenters. The number of hydrogen-bond acceptors (Lipinski definition) is 2. The van der Waals surface area contributed by atoms with Gasteiger partial charge in [0.1, 0.15) is 0 Å². The predicted octanol–water partition coefficient (Wildman–Crippen LogP) is 2.83. The number of carbonyl (C=O) groups is 1. The number of pyridine rings is 1. The first-order valence-electron chi connectivity index (χ1n) is 6.71. The van der Waals surface area contributed by atoms with Gasteiger partial charge in [0.05, 0.1) is 0 Å². The van der Waals surface area contributed by atoms with Crippen molar-refractivity contribution in [3.8, 4) is 0 Å². The fourth-order valence-electron chi connectivity index (χ4n) is 2.22. The maximum Gasteiger partial charge on any atom is 0.203 e. The number of hydrogen-bond donors (Lipinski definition) is 1. The van der Waals surface area contributed by atoms with Gasteiger partial charge in [-0.3, -0.25) is 4.79 Å². The van der Waals surface area contributed by atoms with Gasteiger partial charge in [0, 0.05) is 24.9 Å². The van der Waals surface area contributed by atoms with Crippen LogP contribution in [0, 0.1) is 20.8 Å². The third-order valence-corrected chi connectivity index (χ3v) is 2.99. The largest absolute Gasteiger partial charge is 0.388 e. The number of aryl methyl sites for hydroxylation is 3. The lowest BCUT2D eigenvalue weighted by Crippen LogP contribution is -2.32. The van der Waals surface area contributed by atoms with E-state index >= 15 is 0 Å². The molecule has 3 nitrogen and oxygen atoms in total. The predicted molar refractivity (Wildman–Crippen MR) is 82.9 cm³/mol. The molecule has 106 valence electrons. The van der Waals surface area contributed by atoms with E-state index in [2.05, 4.69) is 38.2 Å². The van der Waals surface area contributed by atoms with Gasteiger partial charge in [-0.1, -0.05) is 23.8 Å². The molecule has 1 N–H and O–H groups in total. The van der Waals surface area contributed by atoms with Gasteiger partial charge in [-0.15, -0.1) is 0 Å². The van der Waals surface area contributed by atoms with Crippen molar-refractivity contribution in [1.82, 2.24) is 0 Å². The van der Waals surface area contributed by atoms with E-state index in [0.29, 0.717) is 6.54 Å². The monoisotopic (exact) mass is 271 g/mol. The summed E-state index contributed by atoms with van der Waals surface area (Å²) in [5.74, 6) is 0. The highest BCUT2D eigenvalue weighted by atomic mass is 16.1. The van der Waals surface area contributed by atoms with Crippen molar-refractivity contribution in [2.45, 2.75) is 27.3 Å². The Kier molecular flexibility index (Phi) is 6.44. The molecule has 0 spiro atoms. The number of carbonyl (C=O) groups excluding carboxylic acids is 1. The molecule has 2 rings (SSSR count). The van der Waals surface area contributed by atoms with E-state index in [-0.39, 0.29) is 0 Å². The lowest BCUT2D eigenvalue weighted by atomic mass is 10.1. The maximum atomic E-state index is 9.95. The SMILES string of the molecule is CNc1c(C)cc(C)cc1C.O=CC[n+]1ccccc1. The van der Waals surface area contributed by atoms with E-state index in [0.717, 1.165) is 6.29 Å². The Balaban J connectivity index is 0.000000204. The van der Waals surface area contributed by atoms with Gasteiger partial charge in [-0.25, -0.2) is 0 Å². The van der Waals surface area contributed by atoms with Crippen LogP contribution in [-0.2, 0) is 11.3 Å². The summed E-state index contributed by atoms with van der Waals surface area (Å²) in [6.07, 6.45) is 4.59. The Bertz CT molecular complexity index is 527. The molecule has 0 amide bonds. The number of nitrogens with zero attached hydrogens (tertiary/aromatic N) is 1. The van der Waals surface area contributed by atoms with Crippen LogP contribution in [-0.4, -0.2) is 13.3 Å². The number of rotatable bonds is 3. The summed E-state index contributed by atoms with van der Waals surface area (Å²) in [6.45, 7) is 6.83. The average Bonchev–Trinajstić information content (AvgIpc) is 2.40. The Labute approximate surface area is 121 Å². The van der Waals surface area contributed by atoms with E-state index < -0.39 is 0 Å². The van der Waals surface area contributed by atoms with Gasteiger partial charge in [0.2, 0.25) is 6.54 Å². The van der Waals surface area contributed by atoms with Crippen molar-refractivity contribution < 1.29 is 9.36 Å².